The standard InChI is InChI=1S/C17H19N5O3S/c23-14-5-4-11(8-19-14)16(25)22-17-21-13(10-26-17)7-15(24)20-9-12-3-1-2-6-18-12/h1-3,6,10-11H,4-5,7-9H2,(H,19,23)(H,20,24)(H,21,22,25). The largest absolute Gasteiger partial charge is 0.355 e. The van der Waals surface area contributed by atoms with Gasteiger partial charge in [-0.3, -0.25) is 19.4 Å². The van der Waals surface area contributed by atoms with Gasteiger partial charge in [0, 0.05) is 24.5 Å². The Hall–Kier alpha value is -2.81. The lowest BCUT2D eigenvalue weighted by atomic mass is 9.98. The Morgan fingerprint density at radius 1 is 1.31 bits per heavy atom. The minimum absolute atomic E-state index is 0.0256. The molecule has 0 saturated carbocycles. The van der Waals surface area contributed by atoms with Crippen molar-refractivity contribution < 1.29 is 14.4 Å². The highest BCUT2D eigenvalue weighted by Gasteiger charge is 2.25. The molecule has 3 rings (SSSR count). The summed E-state index contributed by atoms with van der Waals surface area (Å²) in [5.41, 5.74) is 1.38. The van der Waals surface area contributed by atoms with E-state index in [1.54, 1.807) is 11.6 Å². The summed E-state index contributed by atoms with van der Waals surface area (Å²) >= 11 is 1.28. The Morgan fingerprint density at radius 2 is 2.19 bits per heavy atom. The van der Waals surface area contributed by atoms with Gasteiger partial charge in [0.1, 0.15) is 0 Å². The lowest BCUT2D eigenvalue weighted by molar-refractivity contribution is -0.126. The first-order chi connectivity index (χ1) is 12.6. The van der Waals surface area contributed by atoms with Gasteiger partial charge in [-0.15, -0.1) is 11.3 Å². The van der Waals surface area contributed by atoms with Crippen molar-refractivity contribution >= 4 is 34.2 Å². The second kappa shape index (κ2) is 8.52. The number of hydrogen-bond acceptors (Lipinski definition) is 6. The molecule has 3 N–H and O–H groups in total. The number of piperidine rings is 1. The molecular weight excluding hydrogens is 354 g/mol. The Labute approximate surface area is 154 Å². The summed E-state index contributed by atoms with van der Waals surface area (Å²) < 4.78 is 0. The molecular formula is C17H19N5O3S. The van der Waals surface area contributed by atoms with Crippen LogP contribution in [0.1, 0.15) is 24.2 Å². The minimum Gasteiger partial charge on any atom is -0.355 e. The Balaban J connectivity index is 1.46. The Morgan fingerprint density at radius 3 is 2.92 bits per heavy atom. The van der Waals surface area contributed by atoms with Crippen molar-refractivity contribution in [3.63, 3.8) is 0 Å². The third kappa shape index (κ3) is 5.09. The van der Waals surface area contributed by atoms with E-state index in [-0.39, 0.29) is 30.1 Å². The van der Waals surface area contributed by atoms with Crippen LogP contribution in [0.15, 0.2) is 29.8 Å². The summed E-state index contributed by atoms with van der Waals surface area (Å²) in [7, 11) is 0. The summed E-state index contributed by atoms with van der Waals surface area (Å²) in [5, 5.41) is 10.4. The SMILES string of the molecule is O=C1CCC(C(=O)Nc2nc(CC(=O)NCc3ccccn3)cs2)CN1. The molecule has 136 valence electrons. The van der Waals surface area contributed by atoms with E-state index >= 15 is 0 Å². The number of hydrogen-bond donors (Lipinski definition) is 3. The van der Waals surface area contributed by atoms with Crippen LogP contribution in [0.25, 0.3) is 0 Å². The predicted octanol–water partition coefficient (Wildman–Crippen LogP) is 0.862. The van der Waals surface area contributed by atoms with Crippen LogP contribution in [0.5, 0.6) is 0 Å². The maximum atomic E-state index is 12.2. The summed E-state index contributed by atoms with van der Waals surface area (Å²) in [6, 6.07) is 5.52. The quantitative estimate of drug-likeness (QED) is 0.695. The molecule has 0 radical (unpaired) electrons. The summed E-state index contributed by atoms with van der Waals surface area (Å²) in [5.74, 6) is -0.594. The molecule has 1 unspecified atom stereocenters. The van der Waals surface area contributed by atoms with Crippen molar-refractivity contribution in [1.82, 2.24) is 20.6 Å². The van der Waals surface area contributed by atoms with Gasteiger partial charge >= 0.3 is 0 Å². The maximum absolute atomic E-state index is 12.2. The lowest BCUT2D eigenvalue weighted by Crippen LogP contribution is -2.40. The van der Waals surface area contributed by atoms with E-state index in [2.05, 4.69) is 25.9 Å². The van der Waals surface area contributed by atoms with E-state index in [9.17, 15) is 14.4 Å². The van der Waals surface area contributed by atoms with Gasteiger partial charge in [-0.1, -0.05) is 6.07 Å². The lowest BCUT2D eigenvalue weighted by Gasteiger charge is -2.20. The average molecular weight is 373 g/mol. The first-order valence-corrected chi connectivity index (χ1v) is 9.16. The van der Waals surface area contributed by atoms with Gasteiger partial charge in [0.15, 0.2) is 5.13 Å². The van der Waals surface area contributed by atoms with Gasteiger partial charge in [0.2, 0.25) is 17.7 Å². The number of pyridine rings is 1. The normalized spacial score (nSPS) is 16.6. The first kappa shape index (κ1) is 18.0. The molecule has 2 aromatic rings. The molecule has 0 spiro atoms. The van der Waals surface area contributed by atoms with Gasteiger partial charge in [0.05, 0.1) is 30.3 Å². The van der Waals surface area contributed by atoms with Crippen LogP contribution in [0.3, 0.4) is 0 Å². The second-order valence-corrected chi connectivity index (χ2v) is 6.81. The van der Waals surface area contributed by atoms with Crippen LogP contribution >= 0.6 is 11.3 Å². The van der Waals surface area contributed by atoms with Gasteiger partial charge in [0.25, 0.3) is 0 Å². The monoisotopic (exact) mass is 373 g/mol. The molecule has 1 aliphatic rings. The molecule has 1 saturated heterocycles. The molecule has 2 aromatic heterocycles. The smallest absolute Gasteiger partial charge is 0.231 e. The van der Waals surface area contributed by atoms with E-state index in [0.717, 1.165) is 5.69 Å². The van der Waals surface area contributed by atoms with Crippen molar-refractivity contribution in [3.8, 4) is 0 Å². The highest BCUT2D eigenvalue weighted by molar-refractivity contribution is 7.13. The van der Waals surface area contributed by atoms with Crippen LogP contribution in [-0.2, 0) is 27.3 Å². The van der Waals surface area contributed by atoms with Crippen LogP contribution < -0.4 is 16.0 Å². The van der Waals surface area contributed by atoms with Gasteiger partial charge in [-0.25, -0.2) is 4.98 Å². The van der Waals surface area contributed by atoms with Gasteiger partial charge in [-0.2, -0.15) is 0 Å². The van der Waals surface area contributed by atoms with E-state index in [1.807, 2.05) is 18.2 Å². The first-order valence-electron chi connectivity index (χ1n) is 8.29. The van der Waals surface area contributed by atoms with E-state index in [0.29, 0.717) is 36.8 Å². The number of amides is 3. The van der Waals surface area contributed by atoms with Crippen molar-refractivity contribution in [2.45, 2.75) is 25.8 Å². The molecule has 26 heavy (non-hydrogen) atoms. The van der Waals surface area contributed by atoms with E-state index in [4.69, 9.17) is 0 Å². The molecule has 0 bridgehead atoms. The van der Waals surface area contributed by atoms with Crippen LogP contribution in [-0.4, -0.2) is 34.2 Å². The van der Waals surface area contributed by atoms with Crippen molar-refractivity contribution in [3.05, 3.63) is 41.2 Å². The number of aromatic nitrogens is 2. The predicted molar refractivity (Wildman–Crippen MR) is 96.3 cm³/mol. The molecule has 8 nitrogen and oxygen atoms in total. The highest BCUT2D eigenvalue weighted by Crippen LogP contribution is 2.19. The molecule has 3 heterocycles. The second-order valence-electron chi connectivity index (χ2n) is 5.95. The molecule has 9 heteroatoms. The third-order valence-corrected chi connectivity index (χ3v) is 4.76. The molecule has 1 aliphatic heterocycles. The fourth-order valence-corrected chi connectivity index (χ4v) is 3.24. The molecule has 3 amide bonds. The Kier molecular flexibility index (Phi) is 5.90. The van der Waals surface area contributed by atoms with Crippen molar-refractivity contribution in [2.24, 2.45) is 5.92 Å². The Bertz CT molecular complexity index is 783. The number of rotatable bonds is 6. The number of nitrogens with zero attached hydrogens (tertiary/aromatic N) is 2. The number of carbonyl (C=O) groups is 3. The molecule has 1 atom stereocenters. The number of carbonyl (C=O) groups excluding carboxylic acids is 3. The fourth-order valence-electron chi connectivity index (χ4n) is 2.53. The number of thiazole rings is 1. The summed E-state index contributed by atoms with van der Waals surface area (Å²) in [6.07, 6.45) is 2.71. The molecule has 1 fully saturated rings. The maximum Gasteiger partial charge on any atom is 0.231 e. The van der Waals surface area contributed by atoms with E-state index < -0.39 is 0 Å². The summed E-state index contributed by atoms with van der Waals surface area (Å²) in [6.45, 7) is 0.708. The van der Waals surface area contributed by atoms with Gasteiger partial charge < -0.3 is 16.0 Å². The fraction of sp³-hybridized carbons (Fsp3) is 0.353. The van der Waals surface area contributed by atoms with E-state index in [1.165, 1.54) is 11.3 Å². The van der Waals surface area contributed by atoms with Crippen molar-refractivity contribution in [2.75, 3.05) is 11.9 Å². The summed E-state index contributed by atoms with van der Waals surface area (Å²) in [4.78, 5) is 43.7. The zero-order chi connectivity index (χ0) is 18.4. The zero-order valence-electron chi connectivity index (χ0n) is 14.0. The minimum atomic E-state index is -0.248. The molecule has 0 aromatic carbocycles. The zero-order valence-corrected chi connectivity index (χ0v) is 14.8. The van der Waals surface area contributed by atoms with Crippen molar-refractivity contribution in [1.29, 1.82) is 0 Å². The average Bonchev–Trinajstić information content (AvgIpc) is 3.08. The highest BCUT2D eigenvalue weighted by atomic mass is 32.1. The number of anilines is 1. The number of nitrogens with one attached hydrogen (secondary N) is 3. The van der Waals surface area contributed by atoms with Crippen LogP contribution in [0.4, 0.5) is 5.13 Å². The van der Waals surface area contributed by atoms with Crippen LogP contribution in [0.2, 0.25) is 0 Å². The third-order valence-electron chi connectivity index (χ3n) is 3.95. The van der Waals surface area contributed by atoms with Crippen LogP contribution in [0, 0.1) is 5.92 Å². The topological polar surface area (TPSA) is 113 Å². The van der Waals surface area contributed by atoms with Gasteiger partial charge in [-0.05, 0) is 18.6 Å². The molecule has 0 aliphatic carbocycles.